The molecule has 4 aromatic rings. The van der Waals surface area contributed by atoms with E-state index in [4.69, 9.17) is 11.6 Å². The van der Waals surface area contributed by atoms with Crippen molar-refractivity contribution in [3.05, 3.63) is 79.6 Å². The van der Waals surface area contributed by atoms with Gasteiger partial charge in [0.25, 0.3) is 5.91 Å². The summed E-state index contributed by atoms with van der Waals surface area (Å²) >= 11 is 9.47. The number of aromatic nitrogens is 3. The first-order valence-corrected chi connectivity index (χ1v) is 10.6. The van der Waals surface area contributed by atoms with E-state index in [1.54, 1.807) is 46.9 Å². The molecule has 3 aromatic heterocycles. The summed E-state index contributed by atoms with van der Waals surface area (Å²) in [6, 6.07) is 14.9. The van der Waals surface area contributed by atoms with Gasteiger partial charge < -0.3 is 10.6 Å². The molecule has 9 heteroatoms. The van der Waals surface area contributed by atoms with E-state index in [0.717, 1.165) is 9.75 Å². The van der Waals surface area contributed by atoms with Gasteiger partial charge in [-0.3, -0.25) is 4.79 Å². The van der Waals surface area contributed by atoms with Gasteiger partial charge in [0, 0.05) is 9.75 Å². The Balaban J connectivity index is 1.59. The molecule has 0 saturated carbocycles. The quantitative estimate of drug-likeness (QED) is 0.434. The highest BCUT2D eigenvalue weighted by molar-refractivity contribution is 7.10. The van der Waals surface area contributed by atoms with Crippen molar-refractivity contribution in [2.24, 2.45) is 0 Å². The van der Waals surface area contributed by atoms with Crippen molar-refractivity contribution in [3.63, 3.8) is 0 Å². The summed E-state index contributed by atoms with van der Waals surface area (Å²) in [4.78, 5) is 19.8. The minimum atomic E-state index is -0.337. The molecule has 0 aliphatic carbocycles. The van der Waals surface area contributed by atoms with Gasteiger partial charge in [-0.1, -0.05) is 35.9 Å². The molecule has 4 rings (SSSR count). The van der Waals surface area contributed by atoms with Crippen LogP contribution >= 0.6 is 34.3 Å². The molecule has 0 spiro atoms. The van der Waals surface area contributed by atoms with Crippen LogP contribution in [0.4, 0.5) is 11.9 Å². The summed E-state index contributed by atoms with van der Waals surface area (Å²) in [5.74, 6) is 0.408. The van der Waals surface area contributed by atoms with Crippen molar-refractivity contribution < 1.29 is 4.79 Å². The van der Waals surface area contributed by atoms with E-state index in [2.05, 4.69) is 20.7 Å². The molecule has 0 aliphatic rings. The zero-order chi connectivity index (χ0) is 19.3. The van der Waals surface area contributed by atoms with Crippen LogP contribution in [0.15, 0.2) is 59.3 Å². The van der Waals surface area contributed by atoms with Gasteiger partial charge in [-0.05, 0) is 35.0 Å². The van der Waals surface area contributed by atoms with Gasteiger partial charge in [-0.25, -0.2) is 0 Å². The van der Waals surface area contributed by atoms with Crippen LogP contribution < -0.4 is 10.6 Å². The minimum absolute atomic E-state index is 0.337. The summed E-state index contributed by atoms with van der Waals surface area (Å²) in [7, 11) is 0. The van der Waals surface area contributed by atoms with E-state index in [1.165, 1.54) is 4.68 Å². The number of carbonyl (C=O) groups excluding carboxylic acids is 1. The Morgan fingerprint density at radius 2 is 1.64 bits per heavy atom. The third kappa shape index (κ3) is 4.24. The van der Waals surface area contributed by atoms with Gasteiger partial charge in [-0.15, -0.1) is 27.8 Å². The SMILES string of the molecule is O=C(c1ccccc1Cl)n1nc(NCc2cccs2)nc1NCc1cccs1. The maximum Gasteiger partial charge on any atom is 0.282 e. The predicted octanol–water partition coefficient (Wildman–Crippen LogP) is 4.97. The maximum absolute atomic E-state index is 13.0. The highest BCUT2D eigenvalue weighted by atomic mass is 35.5. The Morgan fingerprint density at radius 3 is 2.29 bits per heavy atom. The van der Waals surface area contributed by atoms with Gasteiger partial charge in [0.2, 0.25) is 11.9 Å². The Bertz CT molecular complexity index is 1060. The van der Waals surface area contributed by atoms with Crippen molar-refractivity contribution in [2.75, 3.05) is 10.6 Å². The molecule has 6 nitrogen and oxygen atoms in total. The zero-order valence-electron chi connectivity index (χ0n) is 14.6. The van der Waals surface area contributed by atoms with Crippen molar-refractivity contribution >= 4 is 52.1 Å². The molecular formula is C19H16ClN5OS2. The third-order valence-corrected chi connectivity index (χ3v) is 5.99. The molecule has 2 N–H and O–H groups in total. The van der Waals surface area contributed by atoms with Crippen molar-refractivity contribution in [3.8, 4) is 0 Å². The molecular weight excluding hydrogens is 414 g/mol. The van der Waals surface area contributed by atoms with Gasteiger partial charge in [0.15, 0.2) is 0 Å². The molecule has 0 saturated heterocycles. The second-order valence-corrected chi connectivity index (χ2v) is 8.29. The van der Waals surface area contributed by atoms with E-state index < -0.39 is 0 Å². The van der Waals surface area contributed by atoms with E-state index >= 15 is 0 Å². The molecule has 0 atom stereocenters. The Labute approximate surface area is 174 Å². The summed E-state index contributed by atoms with van der Waals surface area (Å²) in [6.45, 7) is 1.14. The molecule has 0 bridgehead atoms. The monoisotopic (exact) mass is 429 g/mol. The first-order valence-electron chi connectivity index (χ1n) is 8.49. The molecule has 0 amide bonds. The van der Waals surface area contributed by atoms with E-state index in [-0.39, 0.29) is 5.91 Å². The topological polar surface area (TPSA) is 71.8 Å². The number of hydrogen-bond donors (Lipinski definition) is 2. The average molecular weight is 430 g/mol. The molecule has 3 heterocycles. The standard InChI is InChI=1S/C19H16ClN5OS2/c20-16-8-2-1-7-15(16)17(26)25-19(22-12-14-6-4-10-28-14)23-18(24-25)21-11-13-5-3-9-27-13/h1-10H,11-12H2,(H2,21,22,23,24). The molecule has 0 radical (unpaired) electrons. The largest absolute Gasteiger partial charge is 0.349 e. The Hall–Kier alpha value is -2.68. The van der Waals surface area contributed by atoms with Gasteiger partial charge in [0.05, 0.1) is 23.7 Å². The summed E-state index contributed by atoms with van der Waals surface area (Å²) in [5.41, 5.74) is 0.373. The van der Waals surface area contributed by atoms with Crippen LogP contribution in [0.25, 0.3) is 0 Å². The lowest BCUT2D eigenvalue weighted by atomic mass is 10.2. The minimum Gasteiger partial charge on any atom is -0.349 e. The van der Waals surface area contributed by atoms with Crippen LogP contribution in [0.2, 0.25) is 5.02 Å². The number of nitrogens with zero attached hydrogens (tertiary/aromatic N) is 3. The number of nitrogens with one attached hydrogen (secondary N) is 2. The van der Waals surface area contributed by atoms with Crippen molar-refractivity contribution in [1.82, 2.24) is 14.8 Å². The van der Waals surface area contributed by atoms with Crippen LogP contribution in [0.3, 0.4) is 0 Å². The first-order chi connectivity index (χ1) is 13.7. The number of thiophene rings is 2. The van der Waals surface area contributed by atoms with Crippen LogP contribution in [0.5, 0.6) is 0 Å². The summed E-state index contributed by atoms with van der Waals surface area (Å²) in [6.07, 6.45) is 0. The van der Waals surface area contributed by atoms with Crippen molar-refractivity contribution in [2.45, 2.75) is 13.1 Å². The van der Waals surface area contributed by atoms with Crippen LogP contribution in [0.1, 0.15) is 20.1 Å². The predicted molar refractivity (Wildman–Crippen MR) is 114 cm³/mol. The number of benzene rings is 1. The second-order valence-electron chi connectivity index (χ2n) is 5.82. The van der Waals surface area contributed by atoms with Gasteiger partial charge in [0.1, 0.15) is 0 Å². The Kier molecular flexibility index (Phi) is 5.70. The highest BCUT2D eigenvalue weighted by Gasteiger charge is 2.20. The highest BCUT2D eigenvalue weighted by Crippen LogP contribution is 2.20. The number of rotatable bonds is 7. The van der Waals surface area contributed by atoms with Gasteiger partial charge in [-0.2, -0.15) is 9.67 Å². The number of hydrogen-bond acceptors (Lipinski definition) is 7. The third-order valence-electron chi connectivity index (χ3n) is 3.91. The fourth-order valence-corrected chi connectivity index (χ4v) is 4.06. The fourth-order valence-electron chi connectivity index (χ4n) is 2.55. The van der Waals surface area contributed by atoms with Crippen LogP contribution in [-0.4, -0.2) is 20.7 Å². The van der Waals surface area contributed by atoms with E-state index in [0.29, 0.717) is 35.6 Å². The van der Waals surface area contributed by atoms with Gasteiger partial charge >= 0.3 is 0 Å². The average Bonchev–Trinajstić information content (AvgIpc) is 3.46. The molecule has 0 unspecified atom stereocenters. The second kappa shape index (κ2) is 8.55. The molecule has 0 aliphatic heterocycles. The number of halogens is 1. The number of anilines is 2. The van der Waals surface area contributed by atoms with E-state index in [9.17, 15) is 4.79 Å². The lowest BCUT2D eigenvalue weighted by Gasteiger charge is -2.07. The van der Waals surface area contributed by atoms with E-state index in [1.807, 2.05) is 35.0 Å². The molecule has 1 aromatic carbocycles. The molecule has 0 fully saturated rings. The lowest BCUT2D eigenvalue weighted by Crippen LogP contribution is -2.18. The van der Waals surface area contributed by atoms with Crippen LogP contribution in [-0.2, 0) is 13.1 Å². The van der Waals surface area contributed by atoms with Crippen LogP contribution in [0, 0.1) is 0 Å². The number of carbonyl (C=O) groups is 1. The molecule has 28 heavy (non-hydrogen) atoms. The summed E-state index contributed by atoms with van der Waals surface area (Å²) < 4.78 is 1.26. The van der Waals surface area contributed by atoms with Crippen molar-refractivity contribution in [1.29, 1.82) is 0 Å². The fraction of sp³-hybridized carbons (Fsp3) is 0.105. The lowest BCUT2D eigenvalue weighted by molar-refractivity contribution is 0.0948. The smallest absolute Gasteiger partial charge is 0.282 e. The summed E-state index contributed by atoms with van der Waals surface area (Å²) in [5, 5.41) is 15.1. The normalized spacial score (nSPS) is 10.8. The first kappa shape index (κ1) is 18.7. The Morgan fingerprint density at radius 1 is 0.964 bits per heavy atom. The maximum atomic E-state index is 13.0. The zero-order valence-corrected chi connectivity index (χ0v) is 17.0. The molecule has 142 valence electrons.